The van der Waals surface area contributed by atoms with Crippen LogP contribution in [-0.2, 0) is 6.42 Å². The predicted octanol–water partition coefficient (Wildman–Crippen LogP) is 4.39. The molecule has 4 heterocycles. The molecule has 1 aliphatic rings. The molecule has 6 nitrogen and oxygen atoms in total. The van der Waals surface area contributed by atoms with E-state index in [1.807, 2.05) is 24.3 Å². The lowest BCUT2D eigenvalue weighted by Gasteiger charge is -2.23. The molecule has 0 spiro atoms. The Morgan fingerprint density at radius 1 is 1.03 bits per heavy atom. The Morgan fingerprint density at radius 3 is 2.67 bits per heavy atom. The van der Waals surface area contributed by atoms with Crippen LogP contribution in [-0.4, -0.2) is 39.9 Å². The zero-order valence-corrected chi connectivity index (χ0v) is 18.0. The summed E-state index contributed by atoms with van der Waals surface area (Å²) in [5, 5.41) is 4.22. The molecule has 0 bridgehead atoms. The number of carbonyl (C=O) groups excluding carboxylic acids is 1. The van der Waals surface area contributed by atoms with Gasteiger partial charge in [0.2, 0.25) is 0 Å². The minimum Gasteiger partial charge on any atom is -0.489 e. The first kappa shape index (κ1) is 21.2. The van der Waals surface area contributed by atoms with Gasteiger partial charge < -0.3 is 10.1 Å². The number of carbonyl (C=O) groups is 1. The summed E-state index contributed by atoms with van der Waals surface area (Å²) in [6, 6.07) is 13.2. The highest BCUT2D eigenvalue weighted by atomic mass is 19.1. The van der Waals surface area contributed by atoms with Crippen molar-refractivity contribution in [3.05, 3.63) is 84.2 Å². The summed E-state index contributed by atoms with van der Waals surface area (Å²) in [5.41, 5.74) is 3.45. The van der Waals surface area contributed by atoms with Crippen LogP contribution < -0.4 is 10.1 Å². The van der Waals surface area contributed by atoms with Gasteiger partial charge >= 0.3 is 0 Å². The van der Waals surface area contributed by atoms with Gasteiger partial charge in [-0.3, -0.25) is 14.8 Å². The summed E-state index contributed by atoms with van der Waals surface area (Å²) < 4.78 is 19.2. The number of ether oxygens (including phenoxy) is 1. The Labute approximate surface area is 190 Å². The molecule has 1 aliphatic heterocycles. The Kier molecular flexibility index (Phi) is 6.04. The van der Waals surface area contributed by atoms with Crippen LogP contribution in [0.4, 0.5) is 4.39 Å². The number of ketones is 1. The standard InChI is InChI=1S/C26H23FN4O2/c27-20-4-1-17(2-5-20)26(32)13-21-12-25-18(15-30-21)3-6-24(31-25)19-11-23(16-29-14-19)33-22-7-9-28-10-8-22/h1-6,11-12,14-16,22,28H,7-10,13H2. The Bertz CT molecular complexity index is 1290. The zero-order valence-electron chi connectivity index (χ0n) is 18.0. The van der Waals surface area contributed by atoms with Crippen molar-refractivity contribution in [2.24, 2.45) is 0 Å². The van der Waals surface area contributed by atoms with Crippen molar-refractivity contribution in [3.8, 4) is 17.0 Å². The minimum absolute atomic E-state index is 0.120. The second-order valence-electron chi connectivity index (χ2n) is 8.15. The fourth-order valence-electron chi connectivity index (χ4n) is 3.95. The van der Waals surface area contributed by atoms with E-state index in [9.17, 15) is 9.18 Å². The van der Waals surface area contributed by atoms with E-state index in [1.54, 1.807) is 18.6 Å². The number of hydrogen-bond acceptors (Lipinski definition) is 6. The summed E-state index contributed by atoms with van der Waals surface area (Å²) in [6.07, 6.45) is 7.48. The van der Waals surface area contributed by atoms with E-state index in [1.165, 1.54) is 24.3 Å². The molecule has 0 aliphatic carbocycles. The lowest BCUT2D eigenvalue weighted by Crippen LogP contribution is -2.34. The van der Waals surface area contributed by atoms with Crippen molar-refractivity contribution in [1.29, 1.82) is 0 Å². The van der Waals surface area contributed by atoms with Gasteiger partial charge in [-0.15, -0.1) is 0 Å². The Hall–Kier alpha value is -3.71. The van der Waals surface area contributed by atoms with Crippen LogP contribution in [0, 0.1) is 5.82 Å². The summed E-state index contributed by atoms with van der Waals surface area (Å²) >= 11 is 0. The molecule has 0 atom stereocenters. The van der Waals surface area contributed by atoms with Gasteiger partial charge in [0.15, 0.2) is 5.78 Å². The molecule has 5 rings (SSSR count). The molecule has 1 fully saturated rings. The average Bonchev–Trinajstić information content (AvgIpc) is 2.85. The van der Waals surface area contributed by atoms with E-state index in [4.69, 9.17) is 9.72 Å². The monoisotopic (exact) mass is 442 g/mol. The van der Waals surface area contributed by atoms with Gasteiger partial charge in [0, 0.05) is 28.9 Å². The summed E-state index contributed by atoms with van der Waals surface area (Å²) in [6.45, 7) is 1.92. The summed E-state index contributed by atoms with van der Waals surface area (Å²) in [7, 11) is 0. The molecule has 7 heteroatoms. The number of benzene rings is 1. The number of pyridine rings is 3. The number of aromatic nitrogens is 3. The number of hydrogen-bond donors (Lipinski definition) is 1. The van der Waals surface area contributed by atoms with E-state index in [0.29, 0.717) is 11.3 Å². The molecule has 1 saturated heterocycles. The molecule has 33 heavy (non-hydrogen) atoms. The second kappa shape index (κ2) is 9.42. The molecular formula is C26H23FN4O2. The van der Waals surface area contributed by atoms with Crippen LogP contribution in [0.25, 0.3) is 22.2 Å². The highest BCUT2D eigenvalue weighted by Gasteiger charge is 2.15. The fourth-order valence-corrected chi connectivity index (χ4v) is 3.95. The van der Waals surface area contributed by atoms with Gasteiger partial charge in [-0.05, 0) is 74.5 Å². The Balaban J connectivity index is 1.37. The molecule has 4 aromatic rings. The number of fused-ring (bicyclic) bond motifs is 1. The lowest BCUT2D eigenvalue weighted by molar-refractivity contribution is 0.0992. The van der Waals surface area contributed by atoms with Gasteiger partial charge in [0.25, 0.3) is 0 Å². The third-order valence-electron chi connectivity index (χ3n) is 5.74. The summed E-state index contributed by atoms with van der Waals surface area (Å²) in [5.74, 6) is 0.249. The van der Waals surface area contributed by atoms with Gasteiger partial charge in [0.1, 0.15) is 17.7 Å². The van der Waals surface area contributed by atoms with E-state index < -0.39 is 0 Å². The topological polar surface area (TPSA) is 77.0 Å². The molecule has 166 valence electrons. The molecule has 0 radical (unpaired) electrons. The Morgan fingerprint density at radius 2 is 1.85 bits per heavy atom. The molecular weight excluding hydrogens is 419 g/mol. The van der Waals surface area contributed by atoms with Crippen molar-refractivity contribution in [2.75, 3.05) is 13.1 Å². The number of Topliss-reactive ketones (excluding diaryl/α,β-unsaturated/α-hetero) is 1. The SMILES string of the molecule is O=C(Cc1cc2nc(-c3cncc(OC4CCNCC4)c3)ccc2cn1)c1ccc(F)cc1. The lowest BCUT2D eigenvalue weighted by atomic mass is 10.1. The van der Waals surface area contributed by atoms with Crippen LogP contribution in [0.2, 0.25) is 0 Å². The molecule has 1 aromatic carbocycles. The quantitative estimate of drug-likeness (QED) is 0.447. The smallest absolute Gasteiger partial charge is 0.168 e. The first-order chi connectivity index (χ1) is 16.1. The fraction of sp³-hybridized carbons (Fsp3) is 0.231. The highest BCUT2D eigenvalue weighted by Crippen LogP contribution is 2.25. The maximum absolute atomic E-state index is 13.1. The van der Waals surface area contributed by atoms with E-state index in [2.05, 4.69) is 15.3 Å². The van der Waals surface area contributed by atoms with Crippen LogP contribution in [0.15, 0.2) is 67.1 Å². The average molecular weight is 442 g/mol. The van der Waals surface area contributed by atoms with Gasteiger partial charge in [0.05, 0.1) is 29.5 Å². The van der Waals surface area contributed by atoms with Gasteiger partial charge in [-0.25, -0.2) is 9.37 Å². The number of rotatable bonds is 6. The predicted molar refractivity (Wildman–Crippen MR) is 124 cm³/mol. The third kappa shape index (κ3) is 5.04. The van der Waals surface area contributed by atoms with Crippen LogP contribution in [0.1, 0.15) is 28.9 Å². The maximum atomic E-state index is 13.1. The van der Waals surface area contributed by atoms with Gasteiger partial charge in [-0.1, -0.05) is 0 Å². The number of halogens is 1. The molecule has 0 saturated carbocycles. The first-order valence-electron chi connectivity index (χ1n) is 11.0. The van der Waals surface area contributed by atoms with Crippen molar-refractivity contribution in [2.45, 2.75) is 25.4 Å². The van der Waals surface area contributed by atoms with E-state index >= 15 is 0 Å². The third-order valence-corrected chi connectivity index (χ3v) is 5.74. The normalized spacial score (nSPS) is 14.3. The largest absolute Gasteiger partial charge is 0.489 e. The second-order valence-corrected chi connectivity index (χ2v) is 8.15. The van der Waals surface area contributed by atoms with Crippen LogP contribution in [0.5, 0.6) is 5.75 Å². The zero-order chi connectivity index (χ0) is 22.6. The molecule has 0 amide bonds. The number of nitrogens with zero attached hydrogens (tertiary/aromatic N) is 3. The number of piperidine rings is 1. The highest BCUT2D eigenvalue weighted by molar-refractivity contribution is 5.97. The number of nitrogens with one attached hydrogen (secondary N) is 1. The van der Waals surface area contributed by atoms with Crippen molar-refractivity contribution in [3.63, 3.8) is 0 Å². The van der Waals surface area contributed by atoms with Crippen molar-refractivity contribution in [1.82, 2.24) is 20.3 Å². The van der Waals surface area contributed by atoms with E-state index in [0.717, 1.165) is 53.8 Å². The van der Waals surface area contributed by atoms with Crippen molar-refractivity contribution >= 4 is 16.7 Å². The molecule has 1 N–H and O–H groups in total. The molecule has 3 aromatic heterocycles. The van der Waals surface area contributed by atoms with Crippen LogP contribution >= 0.6 is 0 Å². The summed E-state index contributed by atoms with van der Waals surface area (Å²) in [4.78, 5) is 26.1. The molecule has 0 unspecified atom stereocenters. The van der Waals surface area contributed by atoms with E-state index in [-0.39, 0.29) is 24.1 Å². The van der Waals surface area contributed by atoms with Gasteiger partial charge in [-0.2, -0.15) is 0 Å². The van der Waals surface area contributed by atoms with Crippen LogP contribution in [0.3, 0.4) is 0 Å². The minimum atomic E-state index is -0.369. The maximum Gasteiger partial charge on any atom is 0.168 e. The van der Waals surface area contributed by atoms with Crippen molar-refractivity contribution < 1.29 is 13.9 Å². The first-order valence-corrected chi connectivity index (χ1v) is 11.0.